The number of rotatable bonds is 4. The third-order valence-corrected chi connectivity index (χ3v) is 8.86. The first-order valence-corrected chi connectivity index (χ1v) is 15.0. The molecule has 0 aliphatic carbocycles. The lowest BCUT2D eigenvalue weighted by molar-refractivity contribution is 1.47. The van der Waals surface area contributed by atoms with Crippen LogP contribution in [-0.2, 0) is 0 Å². The van der Waals surface area contributed by atoms with Crippen molar-refractivity contribution in [2.45, 2.75) is 19.6 Å². The molecular formula is C28H25NSSi. The Morgan fingerprint density at radius 3 is 1.81 bits per heavy atom. The maximum atomic E-state index is 4.82. The van der Waals surface area contributed by atoms with Crippen molar-refractivity contribution >= 4 is 34.8 Å². The van der Waals surface area contributed by atoms with Gasteiger partial charge in [0.1, 0.15) is 5.01 Å². The van der Waals surface area contributed by atoms with Crippen LogP contribution in [-0.4, -0.2) is 13.1 Å². The van der Waals surface area contributed by atoms with Gasteiger partial charge in [-0.15, -0.1) is 11.3 Å². The van der Waals surface area contributed by atoms with Crippen molar-refractivity contribution in [3.05, 3.63) is 97.1 Å². The highest BCUT2D eigenvalue weighted by molar-refractivity contribution is 7.21. The Kier molecular flexibility index (Phi) is 5.09. The van der Waals surface area contributed by atoms with Gasteiger partial charge in [-0.25, -0.2) is 4.98 Å². The molecule has 4 aromatic carbocycles. The highest BCUT2D eigenvalue weighted by Gasteiger charge is 2.15. The first kappa shape index (κ1) is 19.9. The summed E-state index contributed by atoms with van der Waals surface area (Å²) in [5, 5.41) is 2.57. The van der Waals surface area contributed by atoms with Crippen molar-refractivity contribution in [3.63, 3.8) is 0 Å². The fraction of sp³-hybridized carbons (Fsp3) is 0.107. The van der Waals surface area contributed by atoms with Crippen LogP contribution >= 0.6 is 11.3 Å². The molecule has 3 heteroatoms. The van der Waals surface area contributed by atoms with E-state index in [9.17, 15) is 0 Å². The number of benzene rings is 4. The lowest BCUT2D eigenvalue weighted by Gasteiger charge is -2.16. The molecule has 31 heavy (non-hydrogen) atoms. The Bertz CT molecular complexity index is 1310. The summed E-state index contributed by atoms with van der Waals surface area (Å²) in [5.74, 6) is 0. The van der Waals surface area contributed by atoms with Crippen molar-refractivity contribution in [1.82, 2.24) is 4.98 Å². The summed E-state index contributed by atoms with van der Waals surface area (Å²) in [6.45, 7) is 7.16. The Hall–Kier alpha value is -3.01. The van der Waals surface area contributed by atoms with Crippen LogP contribution in [0.3, 0.4) is 0 Å². The minimum atomic E-state index is -1.26. The fourth-order valence-corrected chi connectivity index (χ4v) is 5.97. The number of para-hydroxylation sites is 1. The molecule has 1 aromatic heterocycles. The molecule has 0 atom stereocenters. The molecule has 152 valence electrons. The topological polar surface area (TPSA) is 12.9 Å². The highest BCUT2D eigenvalue weighted by Crippen LogP contribution is 2.33. The molecule has 0 saturated heterocycles. The standard InChI is InChI=1S/C28H25NSSi/c1-31(2,3)25-17-15-21(16-18-25)20-11-13-22(14-12-20)23-7-6-8-24(19-23)28-29-26-9-4-5-10-27(26)30-28/h4-19H,1-3H3. The summed E-state index contributed by atoms with van der Waals surface area (Å²) in [6, 6.07) is 35.0. The zero-order chi connectivity index (χ0) is 21.4. The van der Waals surface area contributed by atoms with Crippen molar-refractivity contribution < 1.29 is 0 Å². The summed E-state index contributed by atoms with van der Waals surface area (Å²) in [6.07, 6.45) is 0. The Labute approximate surface area is 189 Å². The van der Waals surface area contributed by atoms with Gasteiger partial charge >= 0.3 is 0 Å². The molecule has 0 amide bonds. The molecule has 0 bridgehead atoms. The molecule has 1 nitrogen and oxygen atoms in total. The quantitative estimate of drug-likeness (QED) is 0.262. The summed E-state index contributed by atoms with van der Waals surface area (Å²) in [7, 11) is -1.26. The smallest absolute Gasteiger partial charge is 0.124 e. The van der Waals surface area contributed by atoms with Crippen molar-refractivity contribution in [3.8, 4) is 32.8 Å². The lowest BCUT2D eigenvalue weighted by Crippen LogP contribution is -2.37. The largest absolute Gasteiger partial charge is 0.236 e. The average Bonchev–Trinajstić information content (AvgIpc) is 3.23. The predicted molar refractivity (Wildman–Crippen MR) is 139 cm³/mol. The third kappa shape index (κ3) is 4.12. The normalized spacial score (nSPS) is 11.7. The molecule has 0 radical (unpaired) electrons. The minimum Gasteiger partial charge on any atom is -0.236 e. The number of fused-ring (bicyclic) bond motifs is 1. The van der Waals surface area contributed by atoms with Crippen LogP contribution in [0.15, 0.2) is 97.1 Å². The van der Waals surface area contributed by atoms with E-state index < -0.39 is 8.07 Å². The molecule has 0 aliphatic rings. The van der Waals surface area contributed by atoms with Crippen LogP contribution in [0.1, 0.15) is 0 Å². The van der Waals surface area contributed by atoms with E-state index in [1.54, 1.807) is 11.3 Å². The van der Waals surface area contributed by atoms with Crippen LogP contribution in [0, 0.1) is 0 Å². The number of hydrogen-bond acceptors (Lipinski definition) is 2. The number of hydrogen-bond donors (Lipinski definition) is 0. The highest BCUT2D eigenvalue weighted by atomic mass is 32.1. The maximum absolute atomic E-state index is 4.82. The first-order valence-electron chi connectivity index (χ1n) is 10.6. The SMILES string of the molecule is C[Si](C)(C)c1ccc(-c2ccc(-c3cccc(-c4nc5ccccc5s4)c3)cc2)cc1. The van der Waals surface area contributed by atoms with Gasteiger partial charge in [0.25, 0.3) is 0 Å². The minimum absolute atomic E-state index is 1.07. The van der Waals surface area contributed by atoms with Crippen LogP contribution < -0.4 is 5.19 Å². The predicted octanol–water partition coefficient (Wildman–Crippen LogP) is 7.84. The number of thiazole rings is 1. The maximum Gasteiger partial charge on any atom is 0.124 e. The first-order chi connectivity index (χ1) is 15.0. The molecule has 0 spiro atoms. The van der Waals surface area contributed by atoms with Gasteiger partial charge in [-0.2, -0.15) is 0 Å². The van der Waals surface area contributed by atoms with E-state index in [2.05, 4.69) is 111 Å². The molecular weight excluding hydrogens is 410 g/mol. The van der Waals surface area contributed by atoms with E-state index in [1.807, 2.05) is 6.07 Å². The van der Waals surface area contributed by atoms with Gasteiger partial charge in [0.05, 0.1) is 18.3 Å². The fourth-order valence-electron chi connectivity index (χ4n) is 3.85. The van der Waals surface area contributed by atoms with Gasteiger partial charge in [-0.1, -0.05) is 104 Å². The summed E-state index contributed by atoms with van der Waals surface area (Å²) in [5.41, 5.74) is 7.22. The summed E-state index contributed by atoms with van der Waals surface area (Å²) in [4.78, 5) is 4.82. The van der Waals surface area contributed by atoms with E-state index in [1.165, 1.54) is 37.7 Å². The number of nitrogens with zero attached hydrogens (tertiary/aromatic N) is 1. The second-order valence-electron chi connectivity index (χ2n) is 8.97. The van der Waals surface area contributed by atoms with Gasteiger partial charge in [-0.3, -0.25) is 0 Å². The van der Waals surface area contributed by atoms with Gasteiger partial charge < -0.3 is 0 Å². The molecule has 0 fully saturated rings. The zero-order valence-corrected chi connectivity index (χ0v) is 19.9. The zero-order valence-electron chi connectivity index (χ0n) is 18.1. The van der Waals surface area contributed by atoms with Crippen LogP contribution in [0.25, 0.3) is 43.0 Å². The van der Waals surface area contributed by atoms with E-state index in [4.69, 9.17) is 4.98 Å². The van der Waals surface area contributed by atoms with Crippen LogP contribution in [0.4, 0.5) is 0 Å². The molecule has 5 aromatic rings. The van der Waals surface area contributed by atoms with E-state index in [0.29, 0.717) is 0 Å². The monoisotopic (exact) mass is 435 g/mol. The van der Waals surface area contributed by atoms with Crippen molar-refractivity contribution in [2.75, 3.05) is 0 Å². The third-order valence-electron chi connectivity index (χ3n) is 5.71. The van der Waals surface area contributed by atoms with Gasteiger partial charge in [0.2, 0.25) is 0 Å². The molecule has 1 heterocycles. The van der Waals surface area contributed by atoms with Crippen molar-refractivity contribution in [1.29, 1.82) is 0 Å². The lowest BCUT2D eigenvalue weighted by atomic mass is 9.99. The molecule has 0 unspecified atom stereocenters. The Balaban J connectivity index is 1.43. The second kappa shape index (κ2) is 7.91. The average molecular weight is 436 g/mol. The van der Waals surface area contributed by atoms with Crippen LogP contribution in [0.2, 0.25) is 19.6 Å². The molecule has 0 N–H and O–H groups in total. The van der Waals surface area contributed by atoms with E-state index in [-0.39, 0.29) is 0 Å². The van der Waals surface area contributed by atoms with Gasteiger partial charge in [0.15, 0.2) is 0 Å². The molecule has 0 aliphatic heterocycles. The number of aromatic nitrogens is 1. The molecule has 5 rings (SSSR count). The van der Waals surface area contributed by atoms with Gasteiger partial charge in [-0.05, 0) is 40.5 Å². The van der Waals surface area contributed by atoms with E-state index >= 15 is 0 Å². The summed E-state index contributed by atoms with van der Waals surface area (Å²) >= 11 is 1.75. The summed E-state index contributed by atoms with van der Waals surface area (Å²) < 4.78 is 1.23. The second-order valence-corrected chi connectivity index (χ2v) is 15.1. The molecule has 0 saturated carbocycles. The van der Waals surface area contributed by atoms with Crippen LogP contribution in [0.5, 0.6) is 0 Å². The van der Waals surface area contributed by atoms with Crippen molar-refractivity contribution in [2.24, 2.45) is 0 Å². The van der Waals surface area contributed by atoms with Gasteiger partial charge in [0, 0.05) is 5.56 Å². The Morgan fingerprint density at radius 1 is 0.581 bits per heavy atom. The Morgan fingerprint density at radius 2 is 1.16 bits per heavy atom. The van der Waals surface area contributed by atoms with E-state index in [0.717, 1.165) is 10.5 Å².